The van der Waals surface area contributed by atoms with Gasteiger partial charge in [-0.2, -0.15) is 0 Å². The maximum Gasteiger partial charge on any atom is 0.0786 e. The number of unbranched alkanes of at least 4 members (excludes halogenated alkanes) is 8. The van der Waals surface area contributed by atoms with Crippen LogP contribution >= 0.6 is 0 Å². The lowest BCUT2D eigenvalue weighted by Gasteiger charge is -2.39. The van der Waals surface area contributed by atoms with Gasteiger partial charge in [0.15, 0.2) is 0 Å². The molecule has 2 nitrogen and oxygen atoms in total. The molecule has 0 aromatic carbocycles. The van der Waals surface area contributed by atoms with Crippen LogP contribution in [0.25, 0.3) is 0 Å². The lowest BCUT2D eigenvalue weighted by Crippen LogP contribution is -2.50. The van der Waals surface area contributed by atoms with E-state index in [9.17, 15) is 0 Å². The summed E-state index contributed by atoms with van der Waals surface area (Å²) >= 11 is 0. The van der Waals surface area contributed by atoms with Crippen molar-refractivity contribution in [2.24, 2.45) is 0 Å². The fourth-order valence-corrected chi connectivity index (χ4v) is 3.46. The van der Waals surface area contributed by atoms with Gasteiger partial charge in [-0.05, 0) is 51.4 Å². The van der Waals surface area contributed by atoms with Crippen LogP contribution in [0.2, 0.25) is 0 Å². The summed E-state index contributed by atoms with van der Waals surface area (Å²) in [6, 6.07) is 0. The Morgan fingerprint density at radius 1 is 0.458 bits per heavy atom. The van der Waals surface area contributed by atoms with Crippen LogP contribution in [0.15, 0.2) is 0 Å². The van der Waals surface area contributed by atoms with Crippen LogP contribution in [-0.2, 0) is 0 Å². The Kier molecular flexibility index (Phi) is 22.8. The highest BCUT2D eigenvalue weighted by Crippen LogP contribution is 2.18. The van der Waals surface area contributed by atoms with Crippen molar-refractivity contribution in [1.82, 2.24) is 0 Å². The highest BCUT2D eigenvalue weighted by atomic mass is 16.2. The summed E-state index contributed by atoms with van der Waals surface area (Å²) in [7, 11) is 0. The van der Waals surface area contributed by atoms with E-state index in [0.29, 0.717) is 0 Å². The number of hydrogen-bond donors (Lipinski definition) is 0. The quantitative estimate of drug-likeness (QED) is 0.251. The van der Waals surface area contributed by atoms with Crippen LogP contribution in [0.4, 0.5) is 0 Å². The monoisotopic (exact) mass is 343 g/mol. The molecule has 0 spiro atoms. The Hall–Kier alpha value is -0.0800. The Bertz CT molecular complexity index is 173. The smallest absolute Gasteiger partial charge is 0.0786 e. The predicted octanol–water partition coefficient (Wildman–Crippen LogP) is 5.93. The molecule has 0 aliphatic carbocycles. The molecule has 0 radical (unpaired) electrons. The van der Waals surface area contributed by atoms with Crippen molar-refractivity contribution < 1.29 is 9.59 Å². The Balaban J connectivity index is 0. The molecule has 0 unspecified atom stereocenters. The molecule has 0 saturated heterocycles. The number of quaternary nitrogens is 1. The molecule has 0 atom stereocenters. The zero-order valence-corrected chi connectivity index (χ0v) is 17.9. The molecule has 0 aliphatic rings. The third-order valence-corrected chi connectivity index (χ3v) is 4.94. The Morgan fingerprint density at radius 2 is 0.667 bits per heavy atom. The lowest BCUT2D eigenvalue weighted by molar-refractivity contribution is -0.929. The third kappa shape index (κ3) is 16.8. The van der Waals surface area contributed by atoms with Crippen LogP contribution in [0.1, 0.15) is 112 Å². The van der Waals surface area contributed by atoms with E-state index in [4.69, 9.17) is 5.11 Å². The summed E-state index contributed by atoms with van der Waals surface area (Å²) in [5.74, 6) is 0. The number of rotatable bonds is 16. The van der Waals surface area contributed by atoms with Gasteiger partial charge in [0, 0.05) is 0 Å². The van der Waals surface area contributed by atoms with Gasteiger partial charge in [0.2, 0.25) is 0 Å². The van der Waals surface area contributed by atoms with Crippen molar-refractivity contribution in [2.75, 3.05) is 32.8 Å². The molecule has 0 saturated carbocycles. The second-order valence-electron chi connectivity index (χ2n) is 7.35. The van der Waals surface area contributed by atoms with E-state index >= 15 is 0 Å². The molecule has 0 fully saturated rings. The zero-order valence-electron chi connectivity index (χ0n) is 17.9. The molecule has 24 heavy (non-hydrogen) atoms. The molecule has 0 N–H and O–H groups in total. The highest BCUT2D eigenvalue weighted by molar-refractivity contribution is 4.51. The second-order valence-corrected chi connectivity index (χ2v) is 7.35. The summed E-state index contributed by atoms with van der Waals surface area (Å²) in [4.78, 5) is 0. The van der Waals surface area contributed by atoms with E-state index < -0.39 is 0 Å². The SMILES string of the molecule is CCCCC[N+](CCCCC)(CCCCC)CCCCC.CC[O-]. The van der Waals surface area contributed by atoms with Gasteiger partial charge in [0.25, 0.3) is 0 Å². The molecule has 0 rings (SSSR count). The molecular weight excluding hydrogens is 294 g/mol. The minimum Gasteiger partial charge on any atom is -0.855 e. The molecule has 0 aromatic rings. The first-order valence-electron chi connectivity index (χ1n) is 11.1. The number of nitrogens with zero attached hydrogens (tertiary/aromatic N) is 1. The molecule has 0 heterocycles. The highest BCUT2D eigenvalue weighted by Gasteiger charge is 2.25. The fraction of sp³-hybridized carbons (Fsp3) is 1.00. The first-order chi connectivity index (χ1) is 11.7. The van der Waals surface area contributed by atoms with Gasteiger partial charge in [-0.25, -0.2) is 0 Å². The largest absolute Gasteiger partial charge is 0.855 e. The number of hydrogen-bond acceptors (Lipinski definition) is 1. The summed E-state index contributed by atoms with van der Waals surface area (Å²) in [5, 5.41) is 8.93. The third-order valence-electron chi connectivity index (χ3n) is 4.94. The van der Waals surface area contributed by atoms with E-state index in [2.05, 4.69) is 27.7 Å². The topological polar surface area (TPSA) is 23.1 Å². The molecular formula is C22H49NO. The molecule has 2 heteroatoms. The Labute approximate surface area is 154 Å². The van der Waals surface area contributed by atoms with Gasteiger partial charge >= 0.3 is 0 Å². The van der Waals surface area contributed by atoms with Crippen LogP contribution in [-0.4, -0.2) is 37.3 Å². The van der Waals surface area contributed by atoms with Crippen LogP contribution < -0.4 is 5.11 Å². The normalized spacial score (nSPS) is 11.2. The van der Waals surface area contributed by atoms with Gasteiger partial charge < -0.3 is 9.59 Å². The van der Waals surface area contributed by atoms with Crippen molar-refractivity contribution in [3.63, 3.8) is 0 Å². The maximum atomic E-state index is 8.93. The summed E-state index contributed by atoms with van der Waals surface area (Å²) in [6.07, 6.45) is 16.9. The molecule has 0 aromatic heterocycles. The lowest BCUT2D eigenvalue weighted by atomic mass is 10.1. The second kappa shape index (κ2) is 21.0. The van der Waals surface area contributed by atoms with Gasteiger partial charge in [0.1, 0.15) is 0 Å². The summed E-state index contributed by atoms with van der Waals surface area (Å²) in [6.45, 7) is 16.7. The van der Waals surface area contributed by atoms with Crippen LogP contribution in [0, 0.1) is 0 Å². The zero-order chi connectivity index (χ0) is 18.5. The molecule has 0 amide bonds. The van der Waals surface area contributed by atoms with Crippen LogP contribution in [0.3, 0.4) is 0 Å². The molecule has 0 aliphatic heterocycles. The van der Waals surface area contributed by atoms with Gasteiger partial charge in [-0.15, -0.1) is 6.61 Å². The average molecular weight is 344 g/mol. The van der Waals surface area contributed by atoms with Gasteiger partial charge in [0.05, 0.1) is 26.2 Å². The van der Waals surface area contributed by atoms with E-state index in [0.717, 1.165) is 0 Å². The standard InChI is InChI=1S/C20H44N.C2H5O/c1-5-9-13-17-21(18-14-10-6-2,19-15-11-7-3)20-16-12-8-4;1-2-3/h5-20H2,1-4H3;2H2,1H3/q+1;-1. The molecule has 0 bridgehead atoms. The van der Waals surface area contributed by atoms with Gasteiger partial charge in [-0.1, -0.05) is 60.3 Å². The van der Waals surface area contributed by atoms with Crippen molar-refractivity contribution in [1.29, 1.82) is 0 Å². The predicted molar refractivity (Wildman–Crippen MR) is 108 cm³/mol. The summed E-state index contributed by atoms with van der Waals surface area (Å²) in [5.41, 5.74) is 0. The maximum absolute atomic E-state index is 8.93. The summed E-state index contributed by atoms with van der Waals surface area (Å²) < 4.78 is 1.44. The van der Waals surface area contributed by atoms with Crippen molar-refractivity contribution in [3.8, 4) is 0 Å². The fourth-order valence-electron chi connectivity index (χ4n) is 3.46. The van der Waals surface area contributed by atoms with E-state index in [-0.39, 0.29) is 6.61 Å². The van der Waals surface area contributed by atoms with Crippen molar-refractivity contribution >= 4 is 0 Å². The Morgan fingerprint density at radius 3 is 0.833 bits per heavy atom. The van der Waals surface area contributed by atoms with E-state index in [1.54, 1.807) is 6.92 Å². The average Bonchev–Trinajstić information content (AvgIpc) is 2.56. The molecule has 148 valence electrons. The van der Waals surface area contributed by atoms with E-state index in [1.807, 2.05) is 0 Å². The van der Waals surface area contributed by atoms with Gasteiger partial charge in [-0.3, -0.25) is 0 Å². The first kappa shape index (κ1) is 26.2. The minimum atomic E-state index is 0. The minimum absolute atomic E-state index is 0. The van der Waals surface area contributed by atoms with E-state index in [1.165, 1.54) is 108 Å². The van der Waals surface area contributed by atoms with Crippen molar-refractivity contribution in [2.45, 2.75) is 112 Å². The first-order valence-corrected chi connectivity index (χ1v) is 11.1. The van der Waals surface area contributed by atoms with Crippen molar-refractivity contribution in [3.05, 3.63) is 0 Å². The van der Waals surface area contributed by atoms with Crippen LogP contribution in [0.5, 0.6) is 0 Å².